The van der Waals surface area contributed by atoms with E-state index in [4.69, 9.17) is 22.1 Å². The first-order chi connectivity index (χ1) is 8.29. The minimum absolute atomic E-state index is 0. The summed E-state index contributed by atoms with van der Waals surface area (Å²) in [7, 11) is 0. The fraction of sp³-hybridized carbons (Fsp3) is 0.143. The molecule has 18 heavy (non-hydrogen) atoms. The predicted molar refractivity (Wildman–Crippen MR) is 75.1 cm³/mol. The molecule has 0 aliphatic carbocycles. The molecular formula is C14H17ClN2O. The lowest BCUT2D eigenvalue weighted by molar-refractivity contribution is 0.303. The van der Waals surface area contributed by atoms with Gasteiger partial charge in [0.1, 0.15) is 12.4 Å². The summed E-state index contributed by atoms with van der Waals surface area (Å²) in [6.07, 6.45) is 0. The van der Waals surface area contributed by atoms with Gasteiger partial charge in [-0.2, -0.15) is 0 Å². The predicted octanol–water partition coefficient (Wildman–Crippen LogP) is 3.54. The Morgan fingerprint density at radius 2 is 1.78 bits per heavy atom. The van der Waals surface area contributed by atoms with Gasteiger partial charge in [0, 0.05) is 17.1 Å². The first kappa shape index (κ1) is 14.5. The molecule has 0 aliphatic heterocycles. The maximum Gasteiger partial charge on any atom is 0.124 e. The SMILES string of the molecule is N.NCc1cc(Cl)ccc1OCc1ccccc1. The Hall–Kier alpha value is -1.55. The van der Waals surface area contributed by atoms with E-state index in [9.17, 15) is 0 Å². The van der Waals surface area contributed by atoms with Crippen LogP contribution in [0.4, 0.5) is 0 Å². The fourth-order valence-corrected chi connectivity index (χ4v) is 1.78. The first-order valence-electron chi connectivity index (χ1n) is 5.45. The highest BCUT2D eigenvalue weighted by atomic mass is 35.5. The summed E-state index contributed by atoms with van der Waals surface area (Å²) in [4.78, 5) is 0. The van der Waals surface area contributed by atoms with Crippen LogP contribution in [0.1, 0.15) is 11.1 Å². The monoisotopic (exact) mass is 264 g/mol. The number of ether oxygens (including phenoxy) is 1. The molecule has 0 saturated heterocycles. The van der Waals surface area contributed by atoms with Crippen molar-refractivity contribution in [3.05, 3.63) is 64.7 Å². The van der Waals surface area contributed by atoms with Crippen LogP contribution >= 0.6 is 11.6 Å². The second-order valence-electron chi connectivity index (χ2n) is 3.73. The normalized spacial score (nSPS) is 9.67. The van der Waals surface area contributed by atoms with Gasteiger partial charge in [-0.1, -0.05) is 41.9 Å². The minimum Gasteiger partial charge on any atom is -0.489 e. The van der Waals surface area contributed by atoms with E-state index in [0.29, 0.717) is 18.2 Å². The van der Waals surface area contributed by atoms with E-state index in [1.54, 1.807) is 6.07 Å². The van der Waals surface area contributed by atoms with E-state index in [1.165, 1.54) is 0 Å². The number of hydrogen-bond acceptors (Lipinski definition) is 3. The zero-order valence-electron chi connectivity index (χ0n) is 10.1. The highest BCUT2D eigenvalue weighted by Gasteiger charge is 2.03. The molecule has 2 aromatic rings. The van der Waals surface area contributed by atoms with Gasteiger partial charge in [-0.05, 0) is 23.8 Å². The maximum absolute atomic E-state index is 5.90. The molecule has 0 bridgehead atoms. The molecule has 0 aromatic heterocycles. The van der Waals surface area contributed by atoms with Crippen molar-refractivity contribution in [2.24, 2.45) is 5.73 Å². The molecule has 0 heterocycles. The van der Waals surface area contributed by atoms with E-state index in [0.717, 1.165) is 16.9 Å². The molecule has 0 aliphatic rings. The number of benzene rings is 2. The van der Waals surface area contributed by atoms with E-state index < -0.39 is 0 Å². The molecule has 96 valence electrons. The van der Waals surface area contributed by atoms with Gasteiger partial charge in [-0.25, -0.2) is 0 Å². The molecule has 0 unspecified atom stereocenters. The van der Waals surface area contributed by atoms with Crippen LogP contribution < -0.4 is 16.6 Å². The molecule has 0 saturated carbocycles. The van der Waals surface area contributed by atoms with Crippen molar-refractivity contribution in [2.75, 3.05) is 0 Å². The standard InChI is InChI=1S/C14H14ClNO.H3N/c15-13-6-7-14(12(8-13)9-16)17-10-11-4-2-1-3-5-11;/h1-8H,9-10,16H2;1H3. The van der Waals surface area contributed by atoms with Gasteiger partial charge >= 0.3 is 0 Å². The van der Waals surface area contributed by atoms with Crippen LogP contribution in [0.3, 0.4) is 0 Å². The second kappa shape index (κ2) is 7.01. The van der Waals surface area contributed by atoms with E-state index in [1.807, 2.05) is 42.5 Å². The topological polar surface area (TPSA) is 70.2 Å². The van der Waals surface area contributed by atoms with Gasteiger partial charge in [0.25, 0.3) is 0 Å². The number of nitrogens with two attached hydrogens (primary N) is 1. The summed E-state index contributed by atoms with van der Waals surface area (Å²) in [6, 6.07) is 15.5. The number of rotatable bonds is 4. The van der Waals surface area contributed by atoms with Crippen molar-refractivity contribution in [1.29, 1.82) is 0 Å². The summed E-state index contributed by atoms with van der Waals surface area (Å²) in [5, 5.41) is 0.678. The van der Waals surface area contributed by atoms with Crippen LogP contribution in [-0.4, -0.2) is 0 Å². The number of hydrogen-bond donors (Lipinski definition) is 2. The Morgan fingerprint density at radius 1 is 1.06 bits per heavy atom. The summed E-state index contributed by atoms with van der Waals surface area (Å²) < 4.78 is 5.73. The number of halogens is 1. The van der Waals surface area contributed by atoms with Gasteiger partial charge in [-0.3, -0.25) is 0 Å². The van der Waals surface area contributed by atoms with Gasteiger partial charge < -0.3 is 16.6 Å². The lowest BCUT2D eigenvalue weighted by Crippen LogP contribution is -2.02. The summed E-state index contributed by atoms with van der Waals surface area (Å²) in [6.45, 7) is 0.958. The Labute approximate surface area is 112 Å². The summed E-state index contributed by atoms with van der Waals surface area (Å²) >= 11 is 5.90. The van der Waals surface area contributed by atoms with Gasteiger partial charge in [0.2, 0.25) is 0 Å². The highest BCUT2D eigenvalue weighted by Crippen LogP contribution is 2.23. The Bertz CT molecular complexity index is 488. The van der Waals surface area contributed by atoms with Gasteiger partial charge in [0.15, 0.2) is 0 Å². The fourth-order valence-electron chi connectivity index (χ4n) is 1.58. The van der Waals surface area contributed by atoms with Crippen LogP contribution in [0, 0.1) is 0 Å². The van der Waals surface area contributed by atoms with Crippen LogP contribution in [0.5, 0.6) is 5.75 Å². The average molecular weight is 265 g/mol. The van der Waals surface area contributed by atoms with E-state index >= 15 is 0 Å². The quantitative estimate of drug-likeness (QED) is 0.887. The van der Waals surface area contributed by atoms with Crippen molar-refractivity contribution < 1.29 is 4.74 Å². The first-order valence-corrected chi connectivity index (χ1v) is 5.82. The van der Waals surface area contributed by atoms with Crippen LogP contribution in [0.15, 0.2) is 48.5 Å². The molecule has 0 atom stereocenters. The molecule has 0 fully saturated rings. The van der Waals surface area contributed by atoms with Crippen molar-refractivity contribution in [3.8, 4) is 5.75 Å². The molecule has 0 amide bonds. The minimum atomic E-state index is 0. The molecular weight excluding hydrogens is 248 g/mol. The summed E-state index contributed by atoms with van der Waals surface area (Å²) in [5.41, 5.74) is 7.70. The molecule has 5 N–H and O–H groups in total. The lowest BCUT2D eigenvalue weighted by atomic mass is 10.2. The molecule has 4 heteroatoms. The Kier molecular flexibility index (Phi) is 5.65. The zero-order valence-corrected chi connectivity index (χ0v) is 10.9. The lowest BCUT2D eigenvalue weighted by Gasteiger charge is -2.10. The van der Waals surface area contributed by atoms with Gasteiger partial charge in [-0.15, -0.1) is 0 Å². The highest BCUT2D eigenvalue weighted by molar-refractivity contribution is 6.30. The Balaban J connectivity index is 0.00000162. The molecule has 3 nitrogen and oxygen atoms in total. The van der Waals surface area contributed by atoms with Crippen molar-refractivity contribution >= 4 is 11.6 Å². The van der Waals surface area contributed by atoms with Crippen molar-refractivity contribution in [1.82, 2.24) is 6.15 Å². The van der Waals surface area contributed by atoms with Crippen LogP contribution in [-0.2, 0) is 13.2 Å². The zero-order chi connectivity index (χ0) is 12.1. The second-order valence-corrected chi connectivity index (χ2v) is 4.17. The molecule has 2 aromatic carbocycles. The smallest absolute Gasteiger partial charge is 0.124 e. The van der Waals surface area contributed by atoms with Crippen LogP contribution in [0.25, 0.3) is 0 Å². The third-order valence-electron chi connectivity index (χ3n) is 2.48. The van der Waals surface area contributed by atoms with E-state index in [2.05, 4.69) is 0 Å². The maximum atomic E-state index is 5.90. The molecule has 2 rings (SSSR count). The largest absolute Gasteiger partial charge is 0.489 e. The molecule has 0 radical (unpaired) electrons. The van der Waals surface area contributed by atoms with E-state index in [-0.39, 0.29) is 6.15 Å². The summed E-state index contributed by atoms with van der Waals surface area (Å²) in [5.74, 6) is 0.792. The van der Waals surface area contributed by atoms with Crippen LogP contribution in [0.2, 0.25) is 5.02 Å². The molecule has 0 spiro atoms. The third kappa shape index (κ3) is 3.74. The average Bonchev–Trinajstić information content (AvgIpc) is 2.38. The van der Waals surface area contributed by atoms with Gasteiger partial charge in [0.05, 0.1) is 0 Å². The van der Waals surface area contributed by atoms with Crippen molar-refractivity contribution in [2.45, 2.75) is 13.2 Å². The van der Waals surface area contributed by atoms with Crippen molar-refractivity contribution in [3.63, 3.8) is 0 Å². The third-order valence-corrected chi connectivity index (χ3v) is 2.71. The Morgan fingerprint density at radius 3 is 2.44 bits per heavy atom.